The fraction of sp³-hybridized carbons (Fsp3) is 0.292. The monoisotopic (exact) mass is 467 g/mol. The van der Waals surface area contributed by atoms with E-state index in [0.717, 1.165) is 22.0 Å². The molecule has 0 unspecified atom stereocenters. The van der Waals surface area contributed by atoms with E-state index in [1.165, 1.54) is 11.8 Å². The average molecular weight is 468 g/mol. The van der Waals surface area contributed by atoms with Crippen molar-refractivity contribution in [3.05, 3.63) is 80.7 Å². The number of rotatable bonds is 7. The summed E-state index contributed by atoms with van der Waals surface area (Å²) in [6.45, 7) is 5.98. The number of nitrogens with zero attached hydrogens (tertiary/aromatic N) is 2. The van der Waals surface area contributed by atoms with Crippen LogP contribution >= 0.6 is 23.1 Å². The van der Waals surface area contributed by atoms with E-state index >= 15 is 0 Å². The van der Waals surface area contributed by atoms with Crippen LogP contribution in [0.4, 0.5) is 0 Å². The molecule has 2 aliphatic heterocycles. The zero-order chi connectivity index (χ0) is 22.7. The number of thiophene rings is 1. The number of amides is 1. The molecule has 8 heteroatoms. The van der Waals surface area contributed by atoms with E-state index in [9.17, 15) is 9.59 Å². The van der Waals surface area contributed by atoms with Gasteiger partial charge in [-0.25, -0.2) is 9.79 Å². The molecule has 1 amide bonds. The summed E-state index contributed by atoms with van der Waals surface area (Å²) in [5.41, 5.74) is 4.01. The molecule has 3 heterocycles. The normalized spacial score (nSPS) is 17.8. The molecule has 0 spiro atoms. The fourth-order valence-corrected chi connectivity index (χ4v) is 5.32. The molecule has 1 N–H and O–H groups in total. The number of fused-ring (bicyclic) bond motifs is 1. The van der Waals surface area contributed by atoms with E-state index in [0.29, 0.717) is 17.8 Å². The van der Waals surface area contributed by atoms with Crippen LogP contribution in [0, 0.1) is 0 Å². The summed E-state index contributed by atoms with van der Waals surface area (Å²) in [5.74, 6) is -0.454. The Morgan fingerprint density at radius 3 is 2.69 bits per heavy atom. The van der Waals surface area contributed by atoms with Crippen LogP contribution in [0.15, 0.2) is 74.5 Å². The van der Waals surface area contributed by atoms with Gasteiger partial charge in [0, 0.05) is 12.2 Å². The Labute approximate surface area is 196 Å². The van der Waals surface area contributed by atoms with Crippen molar-refractivity contribution >= 4 is 40.1 Å². The summed E-state index contributed by atoms with van der Waals surface area (Å²) in [4.78, 5) is 32.4. The summed E-state index contributed by atoms with van der Waals surface area (Å²) in [7, 11) is 0. The van der Waals surface area contributed by atoms with Crippen molar-refractivity contribution < 1.29 is 14.3 Å². The van der Waals surface area contributed by atoms with Crippen molar-refractivity contribution in [1.82, 2.24) is 10.2 Å². The highest BCUT2D eigenvalue weighted by Crippen LogP contribution is 2.45. The number of hydrogen-bond acceptors (Lipinski definition) is 7. The molecule has 6 nitrogen and oxygen atoms in total. The van der Waals surface area contributed by atoms with Crippen LogP contribution < -0.4 is 5.32 Å². The van der Waals surface area contributed by atoms with E-state index in [4.69, 9.17) is 4.74 Å². The van der Waals surface area contributed by atoms with Gasteiger partial charge in [0.15, 0.2) is 5.17 Å². The Bertz CT molecular complexity index is 1090. The number of carbonyl (C=O) groups excluding carboxylic acids is 2. The summed E-state index contributed by atoms with van der Waals surface area (Å²) >= 11 is 3.04. The number of nitrogens with one attached hydrogen (secondary N) is 1. The molecule has 32 heavy (non-hydrogen) atoms. The lowest BCUT2D eigenvalue weighted by molar-refractivity contribution is -0.143. The maximum atomic E-state index is 13.0. The predicted molar refractivity (Wildman–Crippen MR) is 129 cm³/mol. The third-order valence-corrected chi connectivity index (χ3v) is 6.69. The lowest BCUT2D eigenvalue weighted by Crippen LogP contribution is -2.38. The van der Waals surface area contributed by atoms with Crippen molar-refractivity contribution in [1.29, 1.82) is 0 Å². The number of benzene rings is 1. The van der Waals surface area contributed by atoms with Gasteiger partial charge in [-0.1, -0.05) is 42.1 Å². The first-order chi connectivity index (χ1) is 15.4. The molecule has 4 rings (SSSR count). The van der Waals surface area contributed by atoms with E-state index < -0.39 is 0 Å². The first kappa shape index (κ1) is 22.4. The zero-order valence-corrected chi connectivity index (χ0v) is 19.8. The van der Waals surface area contributed by atoms with Gasteiger partial charge >= 0.3 is 5.97 Å². The Balaban J connectivity index is 1.57. The maximum Gasteiger partial charge on any atom is 0.338 e. The predicted octanol–water partition coefficient (Wildman–Crippen LogP) is 4.98. The lowest BCUT2D eigenvalue weighted by Gasteiger charge is -2.36. The van der Waals surface area contributed by atoms with Gasteiger partial charge in [0.05, 0.1) is 29.8 Å². The highest BCUT2D eigenvalue weighted by atomic mass is 32.2. The lowest BCUT2D eigenvalue weighted by atomic mass is 9.96. The molecule has 1 aromatic carbocycles. The van der Waals surface area contributed by atoms with Gasteiger partial charge in [-0.05, 0) is 54.1 Å². The van der Waals surface area contributed by atoms with Crippen LogP contribution in [0.5, 0.6) is 0 Å². The van der Waals surface area contributed by atoms with Gasteiger partial charge in [-0.15, -0.1) is 0 Å². The van der Waals surface area contributed by atoms with Crippen molar-refractivity contribution in [3.8, 4) is 0 Å². The van der Waals surface area contributed by atoms with Gasteiger partial charge in [0.1, 0.15) is 0 Å². The largest absolute Gasteiger partial charge is 0.459 e. The van der Waals surface area contributed by atoms with Gasteiger partial charge in [0.25, 0.3) is 0 Å². The molecule has 0 bridgehead atoms. The topological polar surface area (TPSA) is 71.0 Å². The Hall–Kier alpha value is -2.84. The van der Waals surface area contributed by atoms with Crippen LogP contribution in [0.3, 0.4) is 0 Å². The number of allylic oxidation sites excluding steroid dienone is 1. The van der Waals surface area contributed by atoms with Crippen molar-refractivity contribution in [2.75, 3.05) is 0 Å². The standard InChI is InChI=1S/C24H25N3O3S2/c1-15(2)30-23(29)21-16(3)26-24-27(22(21)18-9-10-31-13-18)19(14-32-24)11-20(28)25-12-17-7-5-4-6-8-17/h4-10,13-15,22H,11-12H2,1-3H3,(H,25,28)/t22-/m0/s1. The molecule has 2 aromatic rings. The van der Waals surface area contributed by atoms with Gasteiger partial charge in [-0.2, -0.15) is 11.3 Å². The number of ether oxygens (including phenoxy) is 1. The number of esters is 1. The minimum absolute atomic E-state index is 0.0800. The first-order valence-electron chi connectivity index (χ1n) is 10.4. The van der Waals surface area contributed by atoms with Crippen molar-refractivity contribution in [3.63, 3.8) is 0 Å². The molecule has 1 atom stereocenters. The van der Waals surface area contributed by atoms with Gasteiger partial charge in [0.2, 0.25) is 5.91 Å². The molecular weight excluding hydrogens is 442 g/mol. The molecule has 166 valence electrons. The molecule has 2 aliphatic rings. The Morgan fingerprint density at radius 2 is 2.00 bits per heavy atom. The smallest absolute Gasteiger partial charge is 0.338 e. The average Bonchev–Trinajstić information content (AvgIpc) is 3.42. The third-order valence-electron chi connectivity index (χ3n) is 5.10. The van der Waals surface area contributed by atoms with E-state index in [-0.39, 0.29) is 30.4 Å². The van der Waals surface area contributed by atoms with Crippen LogP contribution in [-0.4, -0.2) is 28.0 Å². The SMILES string of the molecule is CC1=C(C(=O)OC(C)C)[C@H](c2ccsc2)N2C(CC(=O)NCc3ccccc3)=CSC2=N1. The second kappa shape index (κ2) is 9.75. The van der Waals surface area contributed by atoms with Crippen molar-refractivity contribution in [2.24, 2.45) is 4.99 Å². The Kier molecular flexibility index (Phi) is 6.81. The molecule has 0 fully saturated rings. The van der Waals surface area contributed by atoms with E-state index in [2.05, 4.69) is 10.3 Å². The van der Waals surface area contributed by atoms with Crippen LogP contribution in [0.25, 0.3) is 0 Å². The quantitative estimate of drug-likeness (QED) is 0.582. The number of aliphatic imine (C=N–C) groups is 1. The van der Waals surface area contributed by atoms with Crippen LogP contribution in [-0.2, 0) is 20.9 Å². The molecule has 1 aromatic heterocycles. The zero-order valence-electron chi connectivity index (χ0n) is 18.2. The molecular formula is C24H25N3O3S2. The fourth-order valence-electron chi connectivity index (χ4n) is 3.68. The highest BCUT2D eigenvalue weighted by molar-refractivity contribution is 8.16. The van der Waals surface area contributed by atoms with Crippen molar-refractivity contribution in [2.45, 2.75) is 45.9 Å². The summed E-state index contributed by atoms with van der Waals surface area (Å²) in [6, 6.07) is 11.4. The molecule has 0 radical (unpaired) electrons. The maximum absolute atomic E-state index is 13.0. The summed E-state index contributed by atoms with van der Waals surface area (Å²) < 4.78 is 5.55. The number of thioether (sulfide) groups is 1. The third kappa shape index (κ3) is 4.81. The summed E-state index contributed by atoms with van der Waals surface area (Å²) in [6.07, 6.45) is -0.0339. The number of hydrogen-bond donors (Lipinski definition) is 1. The molecule has 0 aliphatic carbocycles. The highest BCUT2D eigenvalue weighted by Gasteiger charge is 2.41. The van der Waals surface area contributed by atoms with Crippen LogP contribution in [0.1, 0.15) is 44.4 Å². The number of carbonyl (C=O) groups is 2. The number of amidine groups is 1. The van der Waals surface area contributed by atoms with Gasteiger partial charge in [-0.3, -0.25) is 4.79 Å². The Morgan fingerprint density at radius 1 is 1.22 bits per heavy atom. The van der Waals surface area contributed by atoms with Crippen LogP contribution in [0.2, 0.25) is 0 Å². The molecule has 0 saturated carbocycles. The van der Waals surface area contributed by atoms with E-state index in [1.807, 2.05) is 78.2 Å². The second-order valence-electron chi connectivity index (χ2n) is 7.84. The minimum Gasteiger partial charge on any atom is -0.459 e. The van der Waals surface area contributed by atoms with Gasteiger partial charge < -0.3 is 15.0 Å². The second-order valence-corrected chi connectivity index (χ2v) is 9.46. The molecule has 0 saturated heterocycles. The van der Waals surface area contributed by atoms with E-state index in [1.54, 1.807) is 11.3 Å². The first-order valence-corrected chi connectivity index (χ1v) is 12.2. The summed E-state index contributed by atoms with van der Waals surface area (Å²) in [5, 5.41) is 9.71. The minimum atomic E-state index is -0.374.